The van der Waals surface area contributed by atoms with Gasteiger partial charge in [-0.3, -0.25) is 9.36 Å². The van der Waals surface area contributed by atoms with Crippen LogP contribution in [0, 0.1) is 17.8 Å². The zero-order valence-electron chi connectivity index (χ0n) is 15.9. The molecule has 4 saturated carbocycles. The van der Waals surface area contributed by atoms with Gasteiger partial charge in [0.15, 0.2) is 0 Å². The fraction of sp³-hybridized carbons (Fsp3) is 0.500. The molecule has 0 aliphatic heterocycles. The maximum absolute atomic E-state index is 12.5. The van der Waals surface area contributed by atoms with E-state index in [1.54, 1.807) is 12.3 Å². The molecular formula is C22H26N4O2. The van der Waals surface area contributed by atoms with Gasteiger partial charge in [0.05, 0.1) is 11.4 Å². The van der Waals surface area contributed by atoms with Crippen molar-refractivity contribution in [2.24, 2.45) is 17.8 Å². The van der Waals surface area contributed by atoms with Crippen LogP contribution in [0.2, 0.25) is 0 Å². The van der Waals surface area contributed by atoms with Crippen LogP contribution in [0.1, 0.15) is 38.5 Å². The normalized spacial score (nSPS) is 30.2. The van der Waals surface area contributed by atoms with Gasteiger partial charge in [-0.15, -0.1) is 0 Å². The van der Waals surface area contributed by atoms with Crippen molar-refractivity contribution in [1.82, 2.24) is 9.55 Å². The predicted molar refractivity (Wildman–Crippen MR) is 108 cm³/mol. The van der Waals surface area contributed by atoms with Crippen LogP contribution in [0.25, 0.3) is 0 Å². The molecule has 2 N–H and O–H groups in total. The van der Waals surface area contributed by atoms with Crippen LogP contribution < -0.4 is 16.3 Å². The smallest absolute Gasteiger partial charge is 0.347 e. The lowest BCUT2D eigenvalue weighted by molar-refractivity contribution is -0.116. The third kappa shape index (κ3) is 3.32. The van der Waals surface area contributed by atoms with Gasteiger partial charge < -0.3 is 10.6 Å². The molecule has 4 fully saturated rings. The predicted octanol–water partition coefficient (Wildman–Crippen LogP) is 3.26. The SMILES string of the molecule is O=C(Cn1cccnc1=O)Nc1ccccc1NC12CC3CC(CC(C3)C1)C2. The molecule has 0 radical (unpaired) electrons. The van der Waals surface area contributed by atoms with E-state index in [9.17, 15) is 9.59 Å². The van der Waals surface area contributed by atoms with E-state index in [4.69, 9.17) is 0 Å². The van der Waals surface area contributed by atoms with Crippen LogP contribution in [0.3, 0.4) is 0 Å². The van der Waals surface area contributed by atoms with Crippen molar-refractivity contribution in [2.75, 3.05) is 10.6 Å². The fourth-order valence-corrected chi connectivity index (χ4v) is 6.10. The maximum Gasteiger partial charge on any atom is 0.347 e. The molecular weight excluding hydrogens is 352 g/mol. The Morgan fingerprint density at radius 1 is 1.04 bits per heavy atom. The van der Waals surface area contributed by atoms with E-state index in [1.807, 2.05) is 24.3 Å². The van der Waals surface area contributed by atoms with Crippen molar-refractivity contribution in [3.63, 3.8) is 0 Å². The molecule has 146 valence electrons. The van der Waals surface area contributed by atoms with Crippen molar-refractivity contribution in [2.45, 2.75) is 50.6 Å². The number of carbonyl (C=O) groups is 1. The van der Waals surface area contributed by atoms with Gasteiger partial charge in [-0.1, -0.05) is 12.1 Å². The highest BCUT2D eigenvalue weighted by Gasteiger charge is 2.51. The Balaban J connectivity index is 1.33. The average Bonchev–Trinajstić information content (AvgIpc) is 2.64. The van der Waals surface area contributed by atoms with Crippen LogP contribution in [0.4, 0.5) is 11.4 Å². The summed E-state index contributed by atoms with van der Waals surface area (Å²) in [4.78, 5) is 28.0. The quantitative estimate of drug-likeness (QED) is 0.837. The molecule has 6 heteroatoms. The molecule has 0 saturated heterocycles. The monoisotopic (exact) mass is 378 g/mol. The highest BCUT2D eigenvalue weighted by atomic mass is 16.2. The first-order valence-electron chi connectivity index (χ1n) is 10.3. The highest BCUT2D eigenvalue weighted by Crippen LogP contribution is 2.56. The summed E-state index contributed by atoms with van der Waals surface area (Å²) in [6, 6.07) is 9.55. The minimum atomic E-state index is -0.419. The first-order valence-corrected chi connectivity index (χ1v) is 10.3. The van der Waals surface area contributed by atoms with Crippen molar-refractivity contribution in [3.8, 4) is 0 Å². The summed E-state index contributed by atoms with van der Waals surface area (Å²) in [5.74, 6) is 2.35. The minimum absolute atomic E-state index is 0.0433. The summed E-state index contributed by atoms with van der Waals surface area (Å²) in [5.41, 5.74) is 1.52. The Bertz CT molecular complexity index is 916. The van der Waals surface area contributed by atoms with E-state index in [2.05, 4.69) is 15.6 Å². The van der Waals surface area contributed by atoms with Gasteiger partial charge in [0.25, 0.3) is 0 Å². The number of nitrogens with one attached hydrogen (secondary N) is 2. The van der Waals surface area contributed by atoms with E-state index in [1.165, 1.54) is 49.3 Å². The molecule has 6 rings (SSSR count). The maximum atomic E-state index is 12.5. The van der Waals surface area contributed by atoms with Crippen LogP contribution >= 0.6 is 0 Å². The molecule has 1 aromatic carbocycles. The number of rotatable bonds is 5. The van der Waals surface area contributed by atoms with Gasteiger partial charge in [-0.25, -0.2) is 9.78 Å². The lowest BCUT2D eigenvalue weighted by Crippen LogP contribution is -2.54. The van der Waals surface area contributed by atoms with Crippen LogP contribution in [-0.2, 0) is 11.3 Å². The molecule has 4 aliphatic rings. The zero-order chi connectivity index (χ0) is 19.1. The summed E-state index contributed by atoms with van der Waals surface area (Å²) in [7, 11) is 0. The van der Waals surface area contributed by atoms with E-state index in [0.29, 0.717) is 0 Å². The van der Waals surface area contributed by atoms with Crippen molar-refractivity contribution < 1.29 is 4.79 Å². The van der Waals surface area contributed by atoms with Crippen LogP contribution in [-0.4, -0.2) is 21.0 Å². The zero-order valence-corrected chi connectivity index (χ0v) is 15.9. The molecule has 6 nitrogen and oxygen atoms in total. The number of aromatic nitrogens is 2. The molecule has 1 amide bonds. The first kappa shape index (κ1) is 17.5. The van der Waals surface area contributed by atoms with Crippen molar-refractivity contribution in [3.05, 3.63) is 53.2 Å². The van der Waals surface area contributed by atoms with Gasteiger partial charge in [0, 0.05) is 17.9 Å². The number of hydrogen-bond acceptors (Lipinski definition) is 4. The number of carbonyl (C=O) groups excluding carboxylic acids is 1. The van der Waals surface area contributed by atoms with Gasteiger partial charge in [-0.2, -0.15) is 0 Å². The molecule has 4 aliphatic carbocycles. The Labute approximate surface area is 164 Å². The van der Waals surface area contributed by atoms with Crippen LogP contribution in [0.5, 0.6) is 0 Å². The first-order chi connectivity index (χ1) is 13.6. The largest absolute Gasteiger partial charge is 0.378 e. The van der Waals surface area contributed by atoms with Crippen molar-refractivity contribution >= 4 is 17.3 Å². The van der Waals surface area contributed by atoms with Gasteiger partial charge >= 0.3 is 5.69 Å². The number of anilines is 2. The van der Waals surface area contributed by atoms with Gasteiger partial charge in [-0.05, 0) is 74.5 Å². The Kier molecular flexibility index (Phi) is 4.22. The number of benzene rings is 1. The van der Waals surface area contributed by atoms with E-state index < -0.39 is 5.69 Å². The number of amides is 1. The van der Waals surface area contributed by atoms with Gasteiger partial charge in [0.2, 0.25) is 5.91 Å². The molecule has 0 atom stereocenters. The van der Waals surface area contributed by atoms with E-state index >= 15 is 0 Å². The summed E-state index contributed by atoms with van der Waals surface area (Å²) in [5, 5.41) is 6.82. The Hall–Kier alpha value is -2.63. The summed E-state index contributed by atoms with van der Waals surface area (Å²) < 4.78 is 1.31. The second kappa shape index (κ2) is 6.76. The molecule has 28 heavy (non-hydrogen) atoms. The molecule has 4 bridgehead atoms. The second-order valence-electron chi connectivity index (χ2n) is 8.95. The third-order valence-electron chi connectivity index (χ3n) is 6.74. The lowest BCUT2D eigenvalue weighted by atomic mass is 9.53. The van der Waals surface area contributed by atoms with Crippen LogP contribution in [0.15, 0.2) is 47.5 Å². The van der Waals surface area contributed by atoms with E-state index in [0.717, 1.165) is 29.1 Å². The topological polar surface area (TPSA) is 76.0 Å². The molecule has 0 unspecified atom stereocenters. The molecule has 0 spiro atoms. The molecule has 2 aromatic rings. The summed E-state index contributed by atoms with van der Waals surface area (Å²) in [6.45, 7) is -0.0433. The Morgan fingerprint density at radius 3 is 2.32 bits per heavy atom. The standard InChI is InChI=1S/C22H26N4O2/c27-20(14-26-7-3-6-23-21(26)28)24-18-4-1-2-5-19(18)25-22-11-15-8-16(12-22)10-17(9-15)13-22/h1-7,15-17,25H,8-14H2,(H,24,27). The number of nitrogens with zero attached hydrogens (tertiary/aromatic N) is 2. The molecule has 1 aromatic heterocycles. The highest BCUT2D eigenvalue weighted by molar-refractivity contribution is 5.94. The van der Waals surface area contributed by atoms with Gasteiger partial charge in [0.1, 0.15) is 6.54 Å². The molecule has 1 heterocycles. The average molecular weight is 378 g/mol. The minimum Gasteiger partial charge on any atom is -0.378 e. The summed E-state index contributed by atoms with van der Waals surface area (Å²) in [6.07, 6.45) is 10.9. The lowest BCUT2D eigenvalue weighted by Gasteiger charge is -2.57. The fourth-order valence-electron chi connectivity index (χ4n) is 6.10. The van der Waals surface area contributed by atoms with E-state index in [-0.39, 0.29) is 18.0 Å². The number of para-hydroxylation sites is 2. The summed E-state index contributed by atoms with van der Waals surface area (Å²) >= 11 is 0. The second-order valence-corrected chi connectivity index (χ2v) is 8.95. The van der Waals surface area contributed by atoms with Crippen molar-refractivity contribution in [1.29, 1.82) is 0 Å². The number of hydrogen-bond donors (Lipinski definition) is 2. The third-order valence-corrected chi connectivity index (χ3v) is 6.74. The Morgan fingerprint density at radius 2 is 1.68 bits per heavy atom.